The summed E-state index contributed by atoms with van der Waals surface area (Å²) in [7, 11) is 0. The standard InChI is InChI=1S/C12H17Cl/c1-3-11-7-10(2)8-12(9-11)5-4-6-13/h4-5,7-8,12H,3,6,9H2,1-2H3/b5-4+. The second kappa shape index (κ2) is 5.29. The molecule has 13 heavy (non-hydrogen) atoms. The third kappa shape index (κ3) is 3.40. The van der Waals surface area contributed by atoms with Crippen molar-refractivity contribution in [1.82, 2.24) is 0 Å². The Balaban J connectivity index is 2.63. The summed E-state index contributed by atoms with van der Waals surface area (Å²) in [6.45, 7) is 4.38. The van der Waals surface area contributed by atoms with Crippen molar-refractivity contribution in [2.75, 3.05) is 5.88 Å². The highest BCUT2D eigenvalue weighted by Gasteiger charge is 2.09. The second-order valence-electron chi connectivity index (χ2n) is 3.52. The Kier molecular flexibility index (Phi) is 4.31. The molecular formula is C12H17Cl. The number of allylic oxidation sites excluding steroid dienone is 6. The number of alkyl halides is 1. The Hall–Kier alpha value is -0.490. The van der Waals surface area contributed by atoms with Gasteiger partial charge in [-0.3, -0.25) is 0 Å². The van der Waals surface area contributed by atoms with Crippen LogP contribution in [-0.2, 0) is 0 Å². The van der Waals surface area contributed by atoms with Gasteiger partial charge in [0.15, 0.2) is 0 Å². The van der Waals surface area contributed by atoms with E-state index in [9.17, 15) is 0 Å². The zero-order valence-electron chi connectivity index (χ0n) is 8.39. The molecule has 1 rings (SSSR count). The Bertz CT molecular complexity index is 246. The van der Waals surface area contributed by atoms with Crippen LogP contribution in [0.15, 0.2) is 35.5 Å². The van der Waals surface area contributed by atoms with Gasteiger partial charge < -0.3 is 0 Å². The Morgan fingerprint density at radius 2 is 2.38 bits per heavy atom. The van der Waals surface area contributed by atoms with E-state index in [2.05, 4.69) is 32.1 Å². The predicted molar refractivity (Wildman–Crippen MR) is 60.1 cm³/mol. The highest BCUT2D eigenvalue weighted by molar-refractivity contribution is 6.18. The van der Waals surface area contributed by atoms with Crippen LogP contribution in [0.2, 0.25) is 0 Å². The van der Waals surface area contributed by atoms with Gasteiger partial charge in [0, 0.05) is 5.88 Å². The van der Waals surface area contributed by atoms with Crippen LogP contribution in [0, 0.1) is 5.92 Å². The van der Waals surface area contributed by atoms with Gasteiger partial charge in [0.25, 0.3) is 0 Å². The van der Waals surface area contributed by atoms with E-state index in [1.807, 2.05) is 6.08 Å². The van der Waals surface area contributed by atoms with E-state index in [0.717, 1.165) is 6.42 Å². The topological polar surface area (TPSA) is 0 Å². The molecule has 1 aliphatic carbocycles. The molecule has 0 nitrogen and oxygen atoms in total. The first-order valence-corrected chi connectivity index (χ1v) is 5.40. The van der Waals surface area contributed by atoms with Crippen LogP contribution in [0.3, 0.4) is 0 Å². The van der Waals surface area contributed by atoms with Gasteiger partial charge in [-0.1, -0.05) is 42.4 Å². The lowest BCUT2D eigenvalue weighted by molar-refractivity contribution is 0.746. The zero-order chi connectivity index (χ0) is 9.68. The van der Waals surface area contributed by atoms with Crippen molar-refractivity contribution < 1.29 is 0 Å². The molecule has 0 radical (unpaired) electrons. The molecule has 0 amide bonds. The largest absolute Gasteiger partial charge is 0.122 e. The molecule has 0 spiro atoms. The van der Waals surface area contributed by atoms with Crippen LogP contribution >= 0.6 is 11.6 Å². The smallest absolute Gasteiger partial charge is 0.0404 e. The summed E-state index contributed by atoms with van der Waals surface area (Å²) in [6, 6.07) is 0. The average Bonchev–Trinajstić information content (AvgIpc) is 2.14. The summed E-state index contributed by atoms with van der Waals surface area (Å²) in [5.74, 6) is 1.19. The highest BCUT2D eigenvalue weighted by atomic mass is 35.5. The van der Waals surface area contributed by atoms with Crippen LogP contribution in [0.1, 0.15) is 26.7 Å². The number of hydrogen-bond acceptors (Lipinski definition) is 0. The first kappa shape index (κ1) is 10.6. The average molecular weight is 197 g/mol. The van der Waals surface area contributed by atoms with Crippen molar-refractivity contribution in [3.8, 4) is 0 Å². The first-order valence-electron chi connectivity index (χ1n) is 4.86. The minimum absolute atomic E-state index is 0.568. The second-order valence-corrected chi connectivity index (χ2v) is 3.83. The summed E-state index contributed by atoms with van der Waals surface area (Å²) in [4.78, 5) is 0. The number of halogens is 1. The van der Waals surface area contributed by atoms with Gasteiger partial charge in [-0.05, 0) is 25.7 Å². The van der Waals surface area contributed by atoms with Crippen LogP contribution in [0.4, 0.5) is 0 Å². The van der Waals surface area contributed by atoms with Crippen molar-refractivity contribution in [2.45, 2.75) is 26.7 Å². The van der Waals surface area contributed by atoms with Gasteiger partial charge in [0.1, 0.15) is 0 Å². The molecule has 0 bridgehead atoms. The van der Waals surface area contributed by atoms with Crippen LogP contribution < -0.4 is 0 Å². The Labute approximate surface area is 86.0 Å². The normalized spacial score (nSPS) is 23.2. The summed E-state index contributed by atoms with van der Waals surface area (Å²) in [5, 5.41) is 0. The molecule has 0 aromatic rings. The summed E-state index contributed by atoms with van der Waals surface area (Å²) in [5.41, 5.74) is 2.93. The minimum Gasteiger partial charge on any atom is -0.122 e. The van der Waals surface area contributed by atoms with Crippen LogP contribution in [0.5, 0.6) is 0 Å². The SMILES string of the molecule is CCC1=CC(C)=CC(/C=C/CCl)C1. The maximum atomic E-state index is 5.61. The molecule has 72 valence electrons. The molecule has 1 atom stereocenters. The van der Waals surface area contributed by atoms with E-state index in [-0.39, 0.29) is 0 Å². The van der Waals surface area contributed by atoms with Crippen molar-refractivity contribution in [3.63, 3.8) is 0 Å². The van der Waals surface area contributed by atoms with E-state index in [4.69, 9.17) is 11.6 Å². The molecule has 0 N–H and O–H groups in total. The van der Waals surface area contributed by atoms with Crippen molar-refractivity contribution >= 4 is 11.6 Å². The van der Waals surface area contributed by atoms with Gasteiger partial charge in [0.2, 0.25) is 0 Å². The fourth-order valence-corrected chi connectivity index (χ4v) is 1.83. The Morgan fingerprint density at radius 1 is 1.62 bits per heavy atom. The highest BCUT2D eigenvalue weighted by Crippen LogP contribution is 2.25. The molecule has 0 saturated carbocycles. The minimum atomic E-state index is 0.568. The van der Waals surface area contributed by atoms with E-state index in [1.54, 1.807) is 5.57 Å². The monoisotopic (exact) mass is 196 g/mol. The predicted octanol–water partition coefficient (Wildman–Crippen LogP) is 4.08. The van der Waals surface area contributed by atoms with E-state index >= 15 is 0 Å². The third-order valence-electron chi connectivity index (χ3n) is 2.33. The molecule has 0 aliphatic heterocycles. The maximum absolute atomic E-state index is 5.61. The van der Waals surface area contributed by atoms with Crippen LogP contribution in [-0.4, -0.2) is 5.88 Å². The molecular weight excluding hydrogens is 180 g/mol. The molecule has 0 aromatic heterocycles. The maximum Gasteiger partial charge on any atom is 0.0404 e. The fourth-order valence-electron chi connectivity index (χ4n) is 1.72. The molecule has 0 saturated heterocycles. The van der Waals surface area contributed by atoms with E-state index in [0.29, 0.717) is 11.8 Å². The van der Waals surface area contributed by atoms with Crippen molar-refractivity contribution in [2.24, 2.45) is 5.92 Å². The molecule has 0 fully saturated rings. The van der Waals surface area contributed by atoms with E-state index < -0.39 is 0 Å². The Morgan fingerprint density at radius 3 is 3.00 bits per heavy atom. The first-order chi connectivity index (χ1) is 6.26. The van der Waals surface area contributed by atoms with Gasteiger partial charge >= 0.3 is 0 Å². The summed E-state index contributed by atoms with van der Waals surface area (Å²) >= 11 is 5.61. The van der Waals surface area contributed by atoms with Crippen LogP contribution in [0.25, 0.3) is 0 Å². The molecule has 1 unspecified atom stereocenters. The van der Waals surface area contributed by atoms with E-state index in [1.165, 1.54) is 12.0 Å². The molecule has 1 aliphatic rings. The quantitative estimate of drug-likeness (QED) is 0.471. The molecule has 1 heteroatoms. The van der Waals surface area contributed by atoms with Gasteiger partial charge in [0.05, 0.1) is 0 Å². The molecule has 0 aromatic carbocycles. The van der Waals surface area contributed by atoms with Gasteiger partial charge in [-0.2, -0.15) is 0 Å². The lowest BCUT2D eigenvalue weighted by atomic mass is 9.89. The lowest BCUT2D eigenvalue weighted by Gasteiger charge is -2.16. The fraction of sp³-hybridized carbons (Fsp3) is 0.500. The summed E-state index contributed by atoms with van der Waals surface area (Å²) in [6.07, 6.45) is 11.2. The number of hydrogen-bond donors (Lipinski definition) is 0. The lowest BCUT2D eigenvalue weighted by Crippen LogP contribution is -2.01. The van der Waals surface area contributed by atoms with Gasteiger partial charge in [-0.15, -0.1) is 11.6 Å². The number of rotatable bonds is 3. The van der Waals surface area contributed by atoms with Crippen molar-refractivity contribution in [1.29, 1.82) is 0 Å². The third-order valence-corrected chi connectivity index (χ3v) is 2.51. The zero-order valence-corrected chi connectivity index (χ0v) is 9.14. The summed E-state index contributed by atoms with van der Waals surface area (Å²) < 4.78 is 0. The van der Waals surface area contributed by atoms with Gasteiger partial charge in [-0.25, -0.2) is 0 Å². The molecule has 0 heterocycles. The van der Waals surface area contributed by atoms with Crippen molar-refractivity contribution in [3.05, 3.63) is 35.5 Å².